The first-order valence-corrected chi connectivity index (χ1v) is 9.75. The number of rotatable bonds is 4. The molecule has 0 atom stereocenters. The molecule has 3 aromatic rings. The van der Waals surface area contributed by atoms with Gasteiger partial charge in [0.05, 0.1) is 10.2 Å². The van der Waals surface area contributed by atoms with Crippen LogP contribution in [-0.4, -0.2) is 28.0 Å². The Kier molecular flexibility index (Phi) is 4.84. The zero-order valence-electron chi connectivity index (χ0n) is 14.6. The Bertz CT molecular complexity index is 866. The molecule has 1 amide bonds. The lowest BCUT2D eigenvalue weighted by Gasteiger charge is -2.29. The maximum absolute atomic E-state index is 12.5. The van der Waals surface area contributed by atoms with Gasteiger partial charge >= 0.3 is 0 Å². The second-order valence-electron chi connectivity index (χ2n) is 6.73. The molecule has 134 valence electrons. The molecule has 2 heterocycles. The van der Waals surface area contributed by atoms with Gasteiger partial charge in [-0.25, -0.2) is 9.97 Å². The molecule has 0 unspecified atom stereocenters. The van der Waals surface area contributed by atoms with Crippen molar-refractivity contribution >= 4 is 27.5 Å². The summed E-state index contributed by atoms with van der Waals surface area (Å²) >= 11 is 1.44. The van der Waals surface area contributed by atoms with Gasteiger partial charge in [-0.15, -0.1) is 11.3 Å². The van der Waals surface area contributed by atoms with Crippen molar-refractivity contribution in [2.45, 2.75) is 44.8 Å². The molecule has 26 heavy (non-hydrogen) atoms. The molecule has 2 aromatic heterocycles. The molecule has 0 radical (unpaired) electrons. The minimum atomic E-state index is -0.0734. The SMILES string of the molecule is Cc1ccc(OC2CCC(NC(=O)c3nc4ccccc4s3)CC2)nc1. The lowest BCUT2D eigenvalue weighted by Crippen LogP contribution is -2.39. The fourth-order valence-corrected chi connectivity index (χ4v) is 4.10. The molecule has 0 saturated heterocycles. The van der Waals surface area contributed by atoms with E-state index >= 15 is 0 Å². The van der Waals surface area contributed by atoms with E-state index < -0.39 is 0 Å². The number of carbonyl (C=O) groups is 1. The molecule has 0 aliphatic heterocycles. The number of para-hydroxylation sites is 1. The predicted molar refractivity (Wildman–Crippen MR) is 103 cm³/mol. The molecule has 0 spiro atoms. The van der Waals surface area contributed by atoms with Gasteiger partial charge in [0.2, 0.25) is 5.88 Å². The fraction of sp³-hybridized carbons (Fsp3) is 0.350. The van der Waals surface area contributed by atoms with Crippen LogP contribution in [0.2, 0.25) is 0 Å². The normalized spacial score (nSPS) is 20.0. The van der Waals surface area contributed by atoms with Gasteiger partial charge in [-0.3, -0.25) is 4.79 Å². The first-order chi connectivity index (χ1) is 12.7. The van der Waals surface area contributed by atoms with Crippen LogP contribution < -0.4 is 10.1 Å². The Balaban J connectivity index is 1.30. The highest BCUT2D eigenvalue weighted by atomic mass is 32.1. The van der Waals surface area contributed by atoms with E-state index in [0.717, 1.165) is 41.5 Å². The van der Waals surface area contributed by atoms with Crippen LogP contribution >= 0.6 is 11.3 Å². The van der Waals surface area contributed by atoms with Crippen LogP contribution in [0.3, 0.4) is 0 Å². The highest BCUT2D eigenvalue weighted by molar-refractivity contribution is 7.20. The number of ether oxygens (including phenoxy) is 1. The zero-order valence-corrected chi connectivity index (χ0v) is 15.5. The predicted octanol–water partition coefficient (Wildman–Crippen LogP) is 4.12. The summed E-state index contributed by atoms with van der Waals surface area (Å²) in [4.78, 5) is 21.2. The number of carbonyl (C=O) groups excluding carboxylic acids is 1. The van der Waals surface area contributed by atoms with Crippen molar-refractivity contribution in [3.8, 4) is 5.88 Å². The lowest BCUT2D eigenvalue weighted by atomic mass is 9.93. The minimum absolute atomic E-state index is 0.0734. The number of benzene rings is 1. The molecule has 1 aromatic carbocycles. The Morgan fingerprint density at radius 1 is 1.15 bits per heavy atom. The van der Waals surface area contributed by atoms with Crippen LogP contribution in [-0.2, 0) is 0 Å². The average molecular weight is 367 g/mol. The van der Waals surface area contributed by atoms with Gasteiger partial charge in [0.15, 0.2) is 5.01 Å². The van der Waals surface area contributed by atoms with E-state index in [4.69, 9.17) is 4.74 Å². The Morgan fingerprint density at radius 2 is 1.96 bits per heavy atom. The van der Waals surface area contributed by atoms with Gasteiger partial charge in [0, 0.05) is 18.3 Å². The highest BCUT2D eigenvalue weighted by Gasteiger charge is 2.25. The number of aryl methyl sites for hydroxylation is 1. The minimum Gasteiger partial charge on any atom is -0.474 e. The van der Waals surface area contributed by atoms with Crippen LogP contribution in [0.4, 0.5) is 0 Å². The standard InChI is InChI=1S/C20H21N3O2S/c1-13-6-11-18(21-12-13)25-15-9-7-14(8-10-15)22-19(24)20-23-16-4-2-3-5-17(16)26-20/h2-6,11-12,14-15H,7-10H2,1H3,(H,22,24). The van der Waals surface area contributed by atoms with Crippen LogP contribution in [0, 0.1) is 6.92 Å². The largest absolute Gasteiger partial charge is 0.474 e. The van der Waals surface area contributed by atoms with E-state index in [9.17, 15) is 4.79 Å². The first-order valence-electron chi connectivity index (χ1n) is 8.93. The van der Waals surface area contributed by atoms with E-state index in [-0.39, 0.29) is 18.1 Å². The van der Waals surface area contributed by atoms with Gasteiger partial charge in [0.25, 0.3) is 5.91 Å². The molecular weight excluding hydrogens is 346 g/mol. The Labute approximate surface area is 156 Å². The molecule has 1 aliphatic rings. The summed E-state index contributed by atoms with van der Waals surface area (Å²) in [6.07, 6.45) is 5.64. The Morgan fingerprint density at radius 3 is 2.69 bits per heavy atom. The second kappa shape index (κ2) is 7.41. The number of fused-ring (bicyclic) bond motifs is 1. The summed E-state index contributed by atoms with van der Waals surface area (Å²) in [6.45, 7) is 2.01. The monoisotopic (exact) mass is 367 g/mol. The van der Waals surface area contributed by atoms with Crippen molar-refractivity contribution in [2.75, 3.05) is 0 Å². The fourth-order valence-electron chi connectivity index (χ4n) is 3.24. The maximum Gasteiger partial charge on any atom is 0.280 e. The average Bonchev–Trinajstić information content (AvgIpc) is 3.10. The van der Waals surface area contributed by atoms with E-state index in [2.05, 4.69) is 15.3 Å². The van der Waals surface area contributed by atoms with Gasteiger partial charge in [-0.2, -0.15) is 0 Å². The number of nitrogens with one attached hydrogen (secondary N) is 1. The van der Waals surface area contributed by atoms with Crippen molar-refractivity contribution in [1.29, 1.82) is 0 Å². The summed E-state index contributed by atoms with van der Waals surface area (Å²) < 4.78 is 7.00. The zero-order chi connectivity index (χ0) is 17.9. The van der Waals surface area contributed by atoms with Crippen LogP contribution in [0.15, 0.2) is 42.6 Å². The molecule has 1 saturated carbocycles. The molecular formula is C20H21N3O2S. The van der Waals surface area contributed by atoms with Crippen LogP contribution in [0.5, 0.6) is 5.88 Å². The molecule has 0 bridgehead atoms. The van der Waals surface area contributed by atoms with Gasteiger partial charge < -0.3 is 10.1 Å². The third-order valence-corrected chi connectivity index (χ3v) is 5.70. The number of hydrogen-bond donors (Lipinski definition) is 1. The molecule has 4 rings (SSSR count). The van der Waals surface area contributed by atoms with E-state index in [1.807, 2.05) is 49.5 Å². The molecule has 5 nitrogen and oxygen atoms in total. The number of thiazole rings is 1. The molecule has 1 N–H and O–H groups in total. The number of pyridine rings is 1. The molecule has 1 fully saturated rings. The van der Waals surface area contributed by atoms with Gasteiger partial charge in [0.1, 0.15) is 6.10 Å². The molecule has 1 aliphatic carbocycles. The third-order valence-electron chi connectivity index (χ3n) is 4.67. The van der Waals surface area contributed by atoms with Crippen molar-refractivity contribution in [3.05, 3.63) is 53.2 Å². The van der Waals surface area contributed by atoms with E-state index in [1.165, 1.54) is 11.3 Å². The third kappa shape index (κ3) is 3.85. The highest BCUT2D eigenvalue weighted by Crippen LogP contribution is 2.25. The topological polar surface area (TPSA) is 64.1 Å². The summed E-state index contributed by atoms with van der Waals surface area (Å²) in [6, 6.07) is 11.9. The van der Waals surface area contributed by atoms with Gasteiger partial charge in [-0.05, 0) is 50.3 Å². The Hall–Kier alpha value is -2.47. The van der Waals surface area contributed by atoms with Crippen molar-refractivity contribution in [2.24, 2.45) is 0 Å². The van der Waals surface area contributed by atoms with Crippen LogP contribution in [0.25, 0.3) is 10.2 Å². The number of nitrogens with zero attached hydrogens (tertiary/aromatic N) is 2. The number of amides is 1. The summed E-state index contributed by atoms with van der Waals surface area (Å²) in [7, 11) is 0. The second-order valence-corrected chi connectivity index (χ2v) is 7.76. The van der Waals surface area contributed by atoms with Gasteiger partial charge in [-0.1, -0.05) is 18.2 Å². The van der Waals surface area contributed by atoms with Crippen molar-refractivity contribution < 1.29 is 9.53 Å². The van der Waals surface area contributed by atoms with Crippen molar-refractivity contribution in [1.82, 2.24) is 15.3 Å². The summed E-state index contributed by atoms with van der Waals surface area (Å²) in [5, 5.41) is 3.66. The number of hydrogen-bond acceptors (Lipinski definition) is 5. The smallest absolute Gasteiger partial charge is 0.280 e. The summed E-state index contributed by atoms with van der Waals surface area (Å²) in [5.74, 6) is 0.605. The number of aromatic nitrogens is 2. The quantitative estimate of drug-likeness (QED) is 0.753. The molecule has 6 heteroatoms. The van der Waals surface area contributed by atoms with E-state index in [1.54, 1.807) is 0 Å². The van der Waals surface area contributed by atoms with E-state index in [0.29, 0.717) is 10.9 Å². The maximum atomic E-state index is 12.5. The first kappa shape index (κ1) is 17.0. The van der Waals surface area contributed by atoms with Crippen molar-refractivity contribution in [3.63, 3.8) is 0 Å². The lowest BCUT2D eigenvalue weighted by molar-refractivity contribution is 0.0890. The van der Waals surface area contributed by atoms with Crippen LogP contribution in [0.1, 0.15) is 41.0 Å². The summed E-state index contributed by atoms with van der Waals surface area (Å²) in [5.41, 5.74) is 2.00.